The van der Waals surface area contributed by atoms with Crippen LogP contribution in [0.2, 0.25) is 0 Å². The van der Waals surface area contributed by atoms with Crippen molar-refractivity contribution in [2.45, 2.75) is 37.8 Å². The molecule has 5 saturated heterocycles. The summed E-state index contributed by atoms with van der Waals surface area (Å²) in [6.07, 6.45) is 5.49. The van der Waals surface area contributed by atoms with Crippen molar-refractivity contribution in [3.05, 3.63) is 0 Å². The molecule has 2 bridgehead atoms. The number of aliphatic imine (C=N–C) groups is 1. The third-order valence-electron chi connectivity index (χ3n) is 6.47. The number of rotatable bonds is 3. The van der Waals surface area contributed by atoms with E-state index in [2.05, 4.69) is 29.9 Å². The fourth-order valence-corrected chi connectivity index (χ4v) is 4.98. The summed E-state index contributed by atoms with van der Waals surface area (Å²) in [6.45, 7) is 12.2. The molecule has 25 heavy (non-hydrogen) atoms. The summed E-state index contributed by atoms with van der Waals surface area (Å²) >= 11 is 0. The van der Waals surface area contributed by atoms with Crippen LogP contribution in [0, 0.1) is 0 Å². The van der Waals surface area contributed by atoms with Gasteiger partial charge in [0.1, 0.15) is 0 Å². The highest BCUT2D eigenvalue weighted by Gasteiger charge is 2.33. The summed E-state index contributed by atoms with van der Waals surface area (Å²) in [4.78, 5) is 15.0. The summed E-state index contributed by atoms with van der Waals surface area (Å²) < 4.78 is 0. The monoisotopic (exact) mass is 462 g/mol. The summed E-state index contributed by atoms with van der Waals surface area (Å²) in [7, 11) is 1.94. The molecule has 0 amide bonds. The number of nitrogens with zero attached hydrogens (tertiary/aromatic N) is 5. The van der Waals surface area contributed by atoms with Crippen LogP contribution in [0.25, 0.3) is 0 Å². The zero-order valence-electron chi connectivity index (χ0n) is 15.7. The molecule has 5 heterocycles. The van der Waals surface area contributed by atoms with Crippen LogP contribution in [0.15, 0.2) is 4.99 Å². The number of piperidine rings is 1. The lowest BCUT2D eigenvalue weighted by molar-refractivity contribution is 0.0152. The number of halogens is 1. The Labute approximate surface area is 170 Å². The minimum Gasteiger partial charge on any atom is -0.355 e. The molecule has 0 saturated carbocycles. The van der Waals surface area contributed by atoms with E-state index in [-0.39, 0.29) is 24.0 Å². The Kier molecular flexibility index (Phi) is 7.22. The van der Waals surface area contributed by atoms with E-state index in [1.54, 1.807) is 0 Å². The molecule has 5 aliphatic rings. The standard InChI is InChI=1S/C18H34N6.HI/c1-19-18(20-13-17-14-21-9-11-23(17)12-10-21)24-8-5-16(15-24)22-6-3-2-4-7-22;/h16-17H,2-15H2,1H3,(H,19,20);1H. The molecule has 0 aromatic rings. The van der Waals surface area contributed by atoms with Gasteiger partial charge in [0.05, 0.1) is 0 Å². The van der Waals surface area contributed by atoms with Gasteiger partial charge in [-0.05, 0) is 32.4 Å². The highest BCUT2D eigenvalue weighted by Crippen LogP contribution is 2.20. The molecule has 5 aliphatic heterocycles. The number of hydrogen-bond acceptors (Lipinski definition) is 4. The first-order valence-corrected chi connectivity index (χ1v) is 9.99. The lowest BCUT2D eigenvalue weighted by Crippen LogP contribution is -2.64. The molecule has 6 nitrogen and oxygen atoms in total. The number of likely N-dealkylation sites (tertiary alicyclic amines) is 2. The van der Waals surface area contributed by atoms with Crippen LogP contribution < -0.4 is 5.32 Å². The predicted octanol–water partition coefficient (Wildman–Crippen LogP) is 0.740. The van der Waals surface area contributed by atoms with E-state index in [0.717, 1.165) is 31.6 Å². The second-order valence-corrected chi connectivity index (χ2v) is 7.90. The first-order chi connectivity index (χ1) is 11.8. The smallest absolute Gasteiger partial charge is 0.193 e. The van der Waals surface area contributed by atoms with Crippen molar-refractivity contribution < 1.29 is 0 Å². The van der Waals surface area contributed by atoms with Crippen LogP contribution in [0.1, 0.15) is 25.7 Å². The number of hydrogen-bond donors (Lipinski definition) is 1. The van der Waals surface area contributed by atoms with E-state index >= 15 is 0 Å². The van der Waals surface area contributed by atoms with Gasteiger partial charge >= 0.3 is 0 Å². The first kappa shape index (κ1) is 19.6. The van der Waals surface area contributed by atoms with E-state index < -0.39 is 0 Å². The van der Waals surface area contributed by atoms with Crippen molar-refractivity contribution in [2.24, 2.45) is 4.99 Å². The second-order valence-electron chi connectivity index (χ2n) is 7.90. The van der Waals surface area contributed by atoms with Gasteiger partial charge in [-0.2, -0.15) is 0 Å². The Hall–Kier alpha value is -0.120. The molecule has 5 rings (SSSR count). The molecule has 144 valence electrons. The zero-order valence-corrected chi connectivity index (χ0v) is 18.0. The summed E-state index contributed by atoms with van der Waals surface area (Å²) in [5.41, 5.74) is 0. The number of guanidine groups is 1. The molecule has 1 N–H and O–H groups in total. The van der Waals surface area contributed by atoms with Crippen molar-refractivity contribution in [3.8, 4) is 0 Å². The van der Waals surface area contributed by atoms with Crippen molar-refractivity contribution in [1.29, 1.82) is 0 Å². The van der Waals surface area contributed by atoms with Gasteiger partial charge in [-0.3, -0.25) is 19.7 Å². The van der Waals surface area contributed by atoms with Crippen LogP contribution in [0.3, 0.4) is 0 Å². The summed E-state index contributed by atoms with van der Waals surface area (Å²) in [5, 5.41) is 3.68. The molecule has 0 aromatic carbocycles. The Morgan fingerprint density at radius 2 is 1.68 bits per heavy atom. The van der Waals surface area contributed by atoms with Crippen LogP contribution in [-0.4, -0.2) is 110 Å². The number of piperazine rings is 3. The molecule has 0 aromatic heterocycles. The predicted molar refractivity (Wildman–Crippen MR) is 114 cm³/mol. The first-order valence-electron chi connectivity index (χ1n) is 9.99. The van der Waals surface area contributed by atoms with Gasteiger partial charge in [0.2, 0.25) is 0 Å². The van der Waals surface area contributed by atoms with Gasteiger partial charge < -0.3 is 10.2 Å². The van der Waals surface area contributed by atoms with Gasteiger partial charge in [0.15, 0.2) is 5.96 Å². The highest BCUT2D eigenvalue weighted by molar-refractivity contribution is 14.0. The van der Waals surface area contributed by atoms with Crippen molar-refractivity contribution in [3.63, 3.8) is 0 Å². The molecular weight excluding hydrogens is 427 g/mol. The molecular formula is C18H35IN6. The number of nitrogens with one attached hydrogen (secondary N) is 1. The van der Waals surface area contributed by atoms with E-state index in [1.165, 1.54) is 71.5 Å². The average Bonchev–Trinajstić information content (AvgIpc) is 3.14. The molecule has 5 fully saturated rings. The molecule has 0 aliphatic carbocycles. The fraction of sp³-hybridized carbons (Fsp3) is 0.944. The van der Waals surface area contributed by atoms with Crippen molar-refractivity contribution in [2.75, 3.05) is 72.5 Å². The van der Waals surface area contributed by atoms with Crippen LogP contribution in [0.4, 0.5) is 0 Å². The average molecular weight is 462 g/mol. The normalized spacial score (nSPS) is 36.4. The van der Waals surface area contributed by atoms with E-state index in [4.69, 9.17) is 0 Å². The van der Waals surface area contributed by atoms with E-state index in [1.807, 2.05) is 7.05 Å². The Bertz CT molecular complexity index is 445. The maximum Gasteiger partial charge on any atom is 0.193 e. The van der Waals surface area contributed by atoms with Gasteiger partial charge in [0.25, 0.3) is 0 Å². The summed E-state index contributed by atoms with van der Waals surface area (Å²) in [5.74, 6) is 1.12. The third kappa shape index (κ3) is 4.59. The molecule has 7 heteroatoms. The minimum atomic E-state index is 0. The van der Waals surface area contributed by atoms with Crippen molar-refractivity contribution >= 4 is 29.9 Å². The highest BCUT2D eigenvalue weighted by atomic mass is 127. The van der Waals surface area contributed by atoms with Crippen LogP contribution >= 0.6 is 24.0 Å². The zero-order chi connectivity index (χ0) is 16.4. The largest absolute Gasteiger partial charge is 0.355 e. The van der Waals surface area contributed by atoms with Crippen LogP contribution in [0.5, 0.6) is 0 Å². The molecule has 0 radical (unpaired) electrons. The lowest BCUT2D eigenvalue weighted by Gasteiger charge is -2.47. The topological polar surface area (TPSA) is 37.4 Å². The lowest BCUT2D eigenvalue weighted by atomic mass is 10.1. The van der Waals surface area contributed by atoms with Gasteiger partial charge in [-0.25, -0.2) is 0 Å². The Morgan fingerprint density at radius 1 is 0.920 bits per heavy atom. The fourth-order valence-electron chi connectivity index (χ4n) is 4.98. The second kappa shape index (κ2) is 9.19. The molecule has 0 spiro atoms. The van der Waals surface area contributed by atoms with Crippen molar-refractivity contribution in [1.82, 2.24) is 24.9 Å². The molecule has 2 unspecified atom stereocenters. The van der Waals surface area contributed by atoms with E-state index in [9.17, 15) is 0 Å². The van der Waals surface area contributed by atoms with Gasteiger partial charge in [0, 0.05) is 71.5 Å². The maximum absolute atomic E-state index is 4.58. The number of fused-ring (bicyclic) bond motifs is 3. The van der Waals surface area contributed by atoms with Crippen LogP contribution in [-0.2, 0) is 0 Å². The molecule has 2 atom stereocenters. The quantitative estimate of drug-likeness (QED) is 0.381. The SMILES string of the molecule is CN=C(NCC1CN2CCN1CC2)N1CCC(N2CCCCC2)C1.I. The Morgan fingerprint density at radius 3 is 2.32 bits per heavy atom. The van der Waals surface area contributed by atoms with Gasteiger partial charge in [-0.15, -0.1) is 24.0 Å². The summed E-state index contributed by atoms with van der Waals surface area (Å²) in [6, 6.07) is 1.40. The Balaban J connectivity index is 0.00000182. The third-order valence-corrected chi connectivity index (χ3v) is 6.47. The minimum absolute atomic E-state index is 0. The van der Waals surface area contributed by atoms with E-state index in [0.29, 0.717) is 6.04 Å². The van der Waals surface area contributed by atoms with Gasteiger partial charge in [-0.1, -0.05) is 6.42 Å². The maximum atomic E-state index is 4.58.